The number of fused-ring (bicyclic) bond motifs is 2. The first-order valence-corrected chi connectivity index (χ1v) is 15.0. The zero-order chi connectivity index (χ0) is 30.1. The largest absolute Gasteiger partial charge is 0.462 e. The van der Waals surface area contributed by atoms with Crippen molar-refractivity contribution in [1.29, 1.82) is 5.26 Å². The molecule has 12 heteroatoms. The van der Waals surface area contributed by atoms with Crippen molar-refractivity contribution in [2.45, 2.75) is 44.3 Å². The summed E-state index contributed by atoms with van der Waals surface area (Å²) in [4.78, 5) is 34.7. The normalized spacial score (nSPS) is 20.7. The number of piperazine rings is 1. The van der Waals surface area contributed by atoms with Crippen LogP contribution >= 0.6 is 11.6 Å². The highest BCUT2D eigenvalue weighted by Crippen LogP contribution is 2.37. The van der Waals surface area contributed by atoms with Gasteiger partial charge in [-0.15, -0.1) is 0 Å². The molecule has 0 aliphatic carbocycles. The molecule has 0 unspecified atom stereocenters. The van der Waals surface area contributed by atoms with Gasteiger partial charge in [-0.3, -0.25) is 4.79 Å². The second-order valence-corrected chi connectivity index (χ2v) is 11.7. The molecule has 2 aromatic heterocycles. The van der Waals surface area contributed by atoms with Crippen LogP contribution in [0.2, 0.25) is 5.15 Å². The molecule has 0 spiro atoms. The number of ether oxygens (including phenoxy) is 1. The number of benzene rings is 1. The molecule has 1 amide bonds. The van der Waals surface area contributed by atoms with Crippen LogP contribution in [0.1, 0.15) is 30.5 Å². The maximum Gasteiger partial charge on any atom is 0.318 e. The van der Waals surface area contributed by atoms with Crippen LogP contribution in [-0.2, 0) is 17.8 Å². The van der Waals surface area contributed by atoms with Crippen molar-refractivity contribution in [2.24, 2.45) is 0 Å². The molecule has 3 aliphatic rings. The molecule has 1 aromatic carbocycles. The molecule has 3 aromatic rings. The third-order valence-electron chi connectivity index (χ3n) is 8.76. The van der Waals surface area contributed by atoms with E-state index in [0.29, 0.717) is 56.4 Å². The molecule has 0 saturated carbocycles. The molecular formula is C31H34ClFN8O2. The second kappa shape index (κ2) is 12.3. The topological polar surface area (TPSA) is 102 Å². The Bertz CT molecular complexity index is 1590. The first kappa shape index (κ1) is 29.1. The molecule has 224 valence electrons. The number of amides is 1. The second-order valence-electron chi connectivity index (χ2n) is 11.4. The van der Waals surface area contributed by atoms with Gasteiger partial charge in [0, 0.05) is 55.1 Å². The molecule has 0 radical (unpaired) electrons. The van der Waals surface area contributed by atoms with E-state index in [4.69, 9.17) is 26.3 Å². The van der Waals surface area contributed by atoms with E-state index in [9.17, 15) is 14.4 Å². The Morgan fingerprint density at radius 2 is 2.05 bits per heavy atom. The number of hydrogen-bond acceptors (Lipinski definition) is 9. The number of carbonyl (C=O) groups excluding carboxylic acids is 1. The first-order valence-electron chi connectivity index (χ1n) is 14.6. The maximum absolute atomic E-state index is 13.8. The summed E-state index contributed by atoms with van der Waals surface area (Å²) in [7, 11) is 2.10. The fourth-order valence-corrected chi connectivity index (χ4v) is 6.73. The minimum atomic E-state index is -1.02. The summed E-state index contributed by atoms with van der Waals surface area (Å²) in [5, 5.41) is 11.9. The van der Waals surface area contributed by atoms with E-state index in [1.165, 1.54) is 4.90 Å². The summed E-state index contributed by atoms with van der Waals surface area (Å²) < 4.78 is 20.0. The highest BCUT2D eigenvalue weighted by molar-refractivity contribution is 6.35. The smallest absolute Gasteiger partial charge is 0.318 e. The van der Waals surface area contributed by atoms with Crippen LogP contribution in [0.25, 0.3) is 10.8 Å². The number of halogens is 2. The van der Waals surface area contributed by atoms with Crippen molar-refractivity contribution in [3.8, 4) is 12.1 Å². The Morgan fingerprint density at radius 3 is 2.81 bits per heavy atom. The fraction of sp³-hybridized carbons (Fsp3) is 0.452. The van der Waals surface area contributed by atoms with Crippen molar-refractivity contribution in [1.82, 2.24) is 24.8 Å². The Kier molecular flexibility index (Phi) is 8.32. The summed E-state index contributed by atoms with van der Waals surface area (Å²) in [6.07, 6.45) is 4.65. The quantitative estimate of drug-likeness (QED) is 0.291. The molecule has 3 aliphatic heterocycles. The summed E-state index contributed by atoms with van der Waals surface area (Å²) in [5.74, 6) is -1.05. The predicted octanol–water partition coefficient (Wildman–Crippen LogP) is 4.13. The third-order valence-corrected chi connectivity index (χ3v) is 9.05. The fourth-order valence-electron chi connectivity index (χ4n) is 6.46. The summed E-state index contributed by atoms with van der Waals surface area (Å²) in [6, 6.07) is 10.3. The highest BCUT2D eigenvalue weighted by Gasteiger charge is 2.35. The van der Waals surface area contributed by atoms with Gasteiger partial charge in [0.1, 0.15) is 17.6 Å². The zero-order valence-electron chi connectivity index (χ0n) is 24.2. The predicted molar refractivity (Wildman–Crippen MR) is 163 cm³/mol. The molecule has 2 atom stereocenters. The van der Waals surface area contributed by atoms with Crippen LogP contribution in [0.15, 0.2) is 42.9 Å². The Balaban J connectivity index is 1.34. The van der Waals surface area contributed by atoms with Gasteiger partial charge in [0.2, 0.25) is 0 Å². The van der Waals surface area contributed by atoms with Crippen molar-refractivity contribution in [2.75, 3.05) is 56.2 Å². The lowest BCUT2D eigenvalue weighted by Crippen LogP contribution is -2.55. The van der Waals surface area contributed by atoms with E-state index < -0.39 is 17.8 Å². The number of nitriles is 1. The van der Waals surface area contributed by atoms with Gasteiger partial charge in [-0.05, 0) is 50.4 Å². The number of aromatic nitrogens is 3. The van der Waals surface area contributed by atoms with Crippen LogP contribution in [0.5, 0.6) is 6.01 Å². The van der Waals surface area contributed by atoms with Crippen LogP contribution < -0.4 is 14.5 Å². The molecule has 5 heterocycles. The standard InChI is InChI=1S/C31H34ClFN8O2/c1-20(33)30(42)41-16-15-40(17-22(41)8-11-34)29-24-10-14-39(26-7-3-5-21-9-12-35-28(32)27(21)26)18-25(24)36-31(37-29)43-19-23-6-4-13-38(23)2/h3,5,7,9,12,22-23H,1,4,6,8,10,13-19H2,2H3/t22-,23-/m0/s1. The minimum absolute atomic E-state index is 0.0732. The van der Waals surface area contributed by atoms with E-state index >= 15 is 0 Å². The van der Waals surface area contributed by atoms with Gasteiger partial charge >= 0.3 is 6.01 Å². The van der Waals surface area contributed by atoms with Gasteiger partial charge in [-0.1, -0.05) is 30.3 Å². The molecule has 10 nitrogen and oxygen atoms in total. The Hall–Kier alpha value is -4.01. The molecule has 43 heavy (non-hydrogen) atoms. The van der Waals surface area contributed by atoms with Crippen LogP contribution in [0.3, 0.4) is 0 Å². The summed E-state index contributed by atoms with van der Waals surface area (Å²) in [5.41, 5.74) is 2.86. The highest BCUT2D eigenvalue weighted by atomic mass is 35.5. The van der Waals surface area contributed by atoms with Gasteiger partial charge in [-0.2, -0.15) is 15.2 Å². The van der Waals surface area contributed by atoms with Gasteiger partial charge in [0.25, 0.3) is 5.91 Å². The van der Waals surface area contributed by atoms with E-state index in [0.717, 1.165) is 52.9 Å². The average Bonchev–Trinajstić information content (AvgIpc) is 3.43. The van der Waals surface area contributed by atoms with E-state index in [1.54, 1.807) is 6.20 Å². The lowest BCUT2D eigenvalue weighted by Gasteiger charge is -2.42. The molecule has 2 fully saturated rings. The monoisotopic (exact) mass is 604 g/mol. The lowest BCUT2D eigenvalue weighted by molar-refractivity contribution is -0.131. The zero-order valence-corrected chi connectivity index (χ0v) is 24.9. The molecule has 2 saturated heterocycles. The maximum atomic E-state index is 13.8. The SMILES string of the molecule is C=C(F)C(=O)N1CCN(c2nc(OC[C@@H]3CCCN3C)nc3c2CCN(c2cccc4ccnc(Cl)c24)C3)C[C@@H]1CC#N. The van der Waals surface area contributed by atoms with Crippen molar-refractivity contribution >= 4 is 39.8 Å². The van der Waals surface area contributed by atoms with Crippen LogP contribution in [-0.4, -0.2) is 89.1 Å². The summed E-state index contributed by atoms with van der Waals surface area (Å²) in [6.45, 7) is 6.96. The number of anilines is 2. The molecule has 0 bridgehead atoms. The minimum Gasteiger partial charge on any atom is -0.462 e. The summed E-state index contributed by atoms with van der Waals surface area (Å²) >= 11 is 6.57. The van der Waals surface area contributed by atoms with E-state index in [-0.39, 0.29) is 13.0 Å². The number of nitrogens with zero attached hydrogens (tertiary/aromatic N) is 8. The van der Waals surface area contributed by atoms with Crippen LogP contribution in [0, 0.1) is 11.3 Å². The Labute approximate surface area is 255 Å². The van der Waals surface area contributed by atoms with Crippen molar-refractivity contribution < 1.29 is 13.9 Å². The number of rotatable bonds is 7. The number of pyridine rings is 1. The van der Waals surface area contributed by atoms with Gasteiger partial charge in [0.05, 0.1) is 30.8 Å². The van der Waals surface area contributed by atoms with Gasteiger partial charge in [-0.25, -0.2) is 9.37 Å². The third kappa shape index (κ3) is 5.82. The number of likely N-dealkylation sites (N-methyl/N-ethyl adjacent to an activating group) is 1. The molecule has 6 rings (SSSR count). The average molecular weight is 605 g/mol. The molecular weight excluding hydrogens is 571 g/mol. The van der Waals surface area contributed by atoms with E-state index in [1.807, 2.05) is 18.2 Å². The van der Waals surface area contributed by atoms with Gasteiger partial charge in [0.15, 0.2) is 5.83 Å². The number of hydrogen-bond donors (Lipinski definition) is 0. The van der Waals surface area contributed by atoms with E-state index in [2.05, 4.69) is 45.4 Å². The number of carbonyl (C=O) groups is 1. The molecule has 0 N–H and O–H groups in total. The van der Waals surface area contributed by atoms with Crippen LogP contribution in [0.4, 0.5) is 15.9 Å². The lowest BCUT2D eigenvalue weighted by atomic mass is 10.0. The Morgan fingerprint density at radius 1 is 1.19 bits per heavy atom. The first-order chi connectivity index (χ1) is 20.8. The van der Waals surface area contributed by atoms with Gasteiger partial charge < -0.3 is 24.3 Å². The van der Waals surface area contributed by atoms with Crippen molar-refractivity contribution in [3.63, 3.8) is 0 Å². The number of likely N-dealkylation sites (tertiary alicyclic amines) is 1. The van der Waals surface area contributed by atoms with Crippen molar-refractivity contribution in [3.05, 3.63) is 59.3 Å².